The van der Waals surface area contributed by atoms with Gasteiger partial charge in [-0.15, -0.1) is 0 Å². The Morgan fingerprint density at radius 2 is 1.79 bits per heavy atom. The fraction of sp³-hybridized carbons (Fsp3) is 0.308. The number of hydrogen-bond acceptors (Lipinski definition) is 3. The van der Waals surface area contributed by atoms with Gasteiger partial charge in [0.2, 0.25) is 0 Å². The maximum atomic E-state index is 13.4. The fourth-order valence-electron chi connectivity index (χ4n) is 4.49. The molecule has 0 aliphatic carbocycles. The summed E-state index contributed by atoms with van der Waals surface area (Å²) in [7, 11) is 1.37. The van der Waals surface area contributed by atoms with E-state index in [1.54, 1.807) is 29.2 Å². The molecule has 3 aromatic carbocycles. The van der Waals surface area contributed by atoms with Gasteiger partial charge in [0, 0.05) is 18.1 Å². The van der Waals surface area contributed by atoms with Gasteiger partial charge in [0.1, 0.15) is 6.67 Å². The maximum Gasteiger partial charge on any atom is 0.309 e. The van der Waals surface area contributed by atoms with Crippen molar-refractivity contribution < 1.29 is 18.7 Å². The summed E-state index contributed by atoms with van der Waals surface area (Å²) in [6.07, 6.45) is 1.69. The van der Waals surface area contributed by atoms with E-state index in [9.17, 15) is 14.0 Å². The van der Waals surface area contributed by atoms with Crippen LogP contribution in [0, 0.1) is 0 Å². The summed E-state index contributed by atoms with van der Waals surface area (Å²) in [6, 6.07) is 14.4. The number of hydrogen-bond donors (Lipinski definition) is 0. The molecule has 0 saturated carbocycles. The highest BCUT2D eigenvalue weighted by Crippen LogP contribution is 2.36. The van der Waals surface area contributed by atoms with Gasteiger partial charge in [-0.3, -0.25) is 9.59 Å². The van der Waals surface area contributed by atoms with Crippen LogP contribution in [0.4, 0.5) is 4.39 Å². The third-order valence-corrected chi connectivity index (χ3v) is 6.77. The molecule has 0 atom stereocenters. The van der Waals surface area contributed by atoms with Crippen LogP contribution in [-0.2, 0) is 22.6 Å². The van der Waals surface area contributed by atoms with Crippen molar-refractivity contribution in [3.8, 4) is 0 Å². The Balaban J connectivity index is 1.60. The molecule has 1 saturated heterocycles. The molecule has 1 fully saturated rings. The van der Waals surface area contributed by atoms with Gasteiger partial charge in [0.25, 0.3) is 5.91 Å². The van der Waals surface area contributed by atoms with E-state index in [-0.39, 0.29) is 24.2 Å². The van der Waals surface area contributed by atoms with Crippen molar-refractivity contribution in [1.82, 2.24) is 4.90 Å². The van der Waals surface area contributed by atoms with Gasteiger partial charge >= 0.3 is 5.97 Å². The van der Waals surface area contributed by atoms with Crippen LogP contribution in [0.3, 0.4) is 0 Å². The van der Waals surface area contributed by atoms with E-state index in [1.165, 1.54) is 7.11 Å². The number of nitrogens with zero attached hydrogens (tertiary/aromatic N) is 1. The largest absolute Gasteiger partial charge is 0.469 e. The van der Waals surface area contributed by atoms with E-state index in [0.717, 1.165) is 34.7 Å². The number of halogens is 3. The number of esters is 1. The van der Waals surface area contributed by atoms with Crippen molar-refractivity contribution in [2.24, 2.45) is 0 Å². The van der Waals surface area contributed by atoms with E-state index in [2.05, 4.69) is 0 Å². The van der Waals surface area contributed by atoms with Gasteiger partial charge in [0.15, 0.2) is 0 Å². The van der Waals surface area contributed by atoms with Crippen LogP contribution in [0.1, 0.15) is 45.8 Å². The van der Waals surface area contributed by atoms with Gasteiger partial charge in [-0.25, -0.2) is 4.39 Å². The smallest absolute Gasteiger partial charge is 0.309 e. The molecule has 0 bridgehead atoms. The molecule has 7 heteroatoms. The second kappa shape index (κ2) is 10.1. The zero-order valence-corrected chi connectivity index (χ0v) is 19.8. The highest BCUT2D eigenvalue weighted by atomic mass is 35.5. The molecule has 4 nitrogen and oxygen atoms in total. The van der Waals surface area contributed by atoms with Crippen LogP contribution < -0.4 is 0 Å². The molecule has 1 amide bonds. The number of fused-ring (bicyclic) bond motifs is 1. The number of likely N-dealkylation sites (tertiary alicyclic amines) is 1. The molecule has 1 aliphatic rings. The van der Waals surface area contributed by atoms with Crippen molar-refractivity contribution >= 4 is 45.9 Å². The lowest BCUT2D eigenvalue weighted by Gasteiger charge is -2.33. The fourth-order valence-corrected chi connectivity index (χ4v) is 4.98. The Hall–Kier alpha value is -2.63. The Labute approximate surface area is 202 Å². The number of carbonyl (C=O) groups excluding carboxylic acids is 2. The van der Waals surface area contributed by atoms with Gasteiger partial charge < -0.3 is 9.64 Å². The predicted octanol–water partition coefficient (Wildman–Crippen LogP) is 6.35. The summed E-state index contributed by atoms with van der Waals surface area (Å²) in [5, 5.41) is 2.79. The molecular weight excluding hydrogens is 464 g/mol. The van der Waals surface area contributed by atoms with Gasteiger partial charge in [-0.1, -0.05) is 47.5 Å². The summed E-state index contributed by atoms with van der Waals surface area (Å²) in [4.78, 5) is 26.7. The molecule has 1 heterocycles. The first-order valence-corrected chi connectivity index (χ1v) is 11.6. The second-order valence-corrected chi connectivity index (χ2v) is 9.16. The summed E-state index contributed by atoms with van der Waals surface area (Å²) < 4.78 is 18.2. The SMILES string of the molecule is COC(=O)Cc1cc(C2CCN(C(=O)c3ccc(Cl)cc3Cl)CC2)c2cc(CF)ccc2c1. The quantitative estimate of drug-likeness (QED) is 0.393. The van der Waals surface area contributed by atoms with E-state index in [0.29, 0.717) is 34.3 Å². The van der Waals surface area contributed by atoms with Crippen molar-refractivity contribution in [3.05, 3.63) is 80.8 Å². The Morgan fingerprint density at radius 1 is 1.03 bits per heavy atom. The van der Waals surface area contributed by atoms with Crippen molar-refractivity contribution in [2.45, 2.75) is 31.9 Å². The van der Waals surface area contributed by atoms with Crippen molar-refractivity contribution in [3.63, 3.8) is 0 Å². The molecule has 0 spiro atoms. The lowest BCUT2D eigenvalue weighted by atomic mass is 9.84. The molecule has 4 rings (SSSR count). The number of benzene rings is 3. The number of alkyl halides is 1. The summed E-state index contributed by atoms with van der Waals surface area (Å²) >= 11 is 12.2. The Morgan fingerprint density at radius 3 is 2.45 bits per heavy atom. The van der Waals surface area contributed by atoms with E-state index in [1.807, 2.05) is 24.3 Å². The highest BCUT2D eigenvalue weighted by Gasteiger charge is 2.27. The van der Waals surface area contributed by atoms with E-state index >= 15 is 0 Å². The zero-order valence-electron chi connectivity index (χ0n) is 18.2. The van der Waals surface area contributed by atoms with Crippen molar-refractivity contribution in [1.29, 1.82) is 0 Å². The maximum absolute atomic E-state index is 13.4. The molecule has 0 N–H and O–H groups in total. The lowest BCUT2D eigenvalue weighted by Crippen LogP contribution is -2.38. The molecule has 0 radical (unpaired) electrons. The Kier molecular flexibility index (Phi) is 7.20. The molecule has 0 aromatic heterocycles. The van der Waals surface area contributed by atoms with Crippen LogP contribution in [0.2, 0.25) is 10.0 Å². The van der Waals surface area contributed by atoms with Crippen LogP contribution in [0.15, 0.2) is 48.5 Å². The monoisotopic (exact) mass is 487 g/mol. The van der Waals surface area contributed by atoms with Gasteiger partial charge in [-0.2, -0.15) is 0 Å². The van der Waals surface area contributed by atoms with Crippen LogP contribution >= 0.6 is 23.2 Å². The molecule has 33 heavy (non-hydrogen) atoms. The van der Waals surface area contributed by atoms with E-state index < -0.39 is 6.67 Å². The third kappa shape index (κ3) is 5.15. The molecule has 172 valence electrons. The normalized spacial score (nSPS) is 14.5. The average Bonchev–Trinajstić information content (AvgIpc) is 2.83. The van der Waals surface area contributed by atoms with Gasteiger partial charge in [-0.05, 0) is 70.5 Å². The summed E-state index contributed by atoms with van der Waals surface area (Å²) in [5.74, 6) is -0.232. The molecular formula is C26H24Cl2FNO3. The minimum Gasteiger partial charge on any atom is -0.469 e. The standard InChI is InChI=1S/C26H24Cl2FNO3/c1-33-25(31)13-17-10-19-3-2-16(15-29)11-23(19)22(12-17)18-6-8-30(9-7-18)26(32)21-5-4-20(27)14-24(21)28/h2-5,10-12,14,18H,6-9,13,15H2,1H3. The topological polar surface area (TPSA) is 46.6 Å². The minimum atomic E-state index is -0.534. The minimum absolute atomic E-state index is 0.112. The number of ether oxygens (including phenoxy) is 1. The van der Waals surface area contributed by atoms with Gasteiger partial charge in [0.05, 0.1) is 24.1 Å². The number of amides is 1. The summed E-state index contributed by atoms with van der Waals surface area (Å²) in [6.45, 7) is 0.621. The predicted molar refractivity (Wildman–Crippen MR) is 129 cm³/mol. The Bertz CT molecular complexity index is 1210. The number of carbonyl (C=O) groups is 2. The number of methoxy groups -OCH3 is 1. The van der Waals surface area contributed by atoms with Crippen LogP contribution in [-0.4, -0.2) is 37.0 Å². The first-order valence-electron chi connectivity index (χ1n) is 10.8. The average molecular weight is 488 g/mol. The first-order chi connectivity index (χ1) is 15.9. The second-order valence-electron chi connectivity index (χ2n) is 8.32. The molecule has 0 unspecified atom stereocenters. The van der Waals surface area contributed by atoms with Crippen LogP contribution in [0.5, 0.6) is 0 Å². The van der Waals surface area contributed by atoms with Crippen molar-refractivity contribution in [2.75, 3.05) is 20.2 Å². The molecule has 3 aromatic rings. The molecule has 1 aliphatic heterocycles. The third-order valence-electron chi connectivity index (χ3n) is 6.22. The number of rotatable bonds is 5. The summed E-state index contributed by atoms with van der Waals surface area (Å²) in [5.41, 5.74) is 3.01. The van der Waals surface area contributed by atoms with E-state index in [4.69, 9.17) is 27.9 Å². The first kappa shape index (κ1) is 23.5. The highest BCUT2D eigenvalue weighted by molar-refractivity contribution is 6.36. The lowest BCUT2D eigenvalue weighted by molar-refractivity contribution is -0.139. The number of piperidine rings is 1. The van der Waals surface area contributed by atoms with Crippen LogP contribution in [0.25, 0.3) is 10.8 Å². The zero-order chi connectivity index (χ0) is 23.5.